The maximum absolute atomic E-state index is 11.1. The van der Waals surface area contributed by atoms with Crippen molar-refractivity contribution in [3.63, 3.8) is 0 Å². The van der Waals surface area contributed by atoms with Crippen LogP contribution < -0.4 is 5.73 Å². The number of nitro groups is 1. The minimum absolute atomic E-state index is 0.0604. The number of hydrogen-bond acceptors (Lipinski definition) is 5. The van der Waals surface area contributed by atoms with E-state index in [9.17, 15) is 10.1 Å². The zero-order valence-corrected chi connectivity index (χ0v) is 13.2. The highest BCUT2D eigenvalue weighted by molar-refractivity contribution is 5.69. The summed E-state index contributed by atoms with van der Waals surface area (Å²) in [6.45, 7) is 5.54. The Morgan fingerprint density at radius 3 is 2.83 bits per heavy atom. The van der Waals surface area contributed by atoms with Gasteiger partial charge in [-0.05, 0) is 43.1 Å². The third-order valence-corrected chi connectivity index (χ3v) is 4.54. The summed E-state index contributed by atoms with van der Waals surface area (Å²) in [6.07, 6.45) is 1.08. The Hall–Kier alpha value is -2.18. The molecule has 0 amide bonds. The molecule has 1 aromatic heterocycles. The van der Waals surface area contributed by atoms with Crippen LogP contribution in [0, 0.1) is 15.5 Å². The molecule has 2 aromatic rings. The van der Waals surface area contributed by atoms with Gasteiger partial charge in [0.15, 0.2) is 0 Å². The second-order valence-corrected chi connectivity index (χ2v) is 6.52. The van der Waals surface area contributed by atoms with E-state index >= 15 is 0 Å². The van der Waals surface area contributed by atoms with Crippen LogP contribution in [0.15, 0.2) is 40.8 Å². The van der Waals surface area contributed by atoms with E-state index < -0.39 is 0 Å². The zero-order chi connectivity index (χ0) is 16.4. The lowest BCUT2D eigenvalue weighted by Crippen LogP contribution is -2.31. The van der Waals surface area contributed by atoms with Gasteiger partial charge in [-0.3, -0.25) is 15.0 Å². The van der Waals surface area contributed by atoms with Gasteiger partial charge in [0.2, 0.25) is 0 Å². The molecular formula is C17H21N3O3. The fraction of sp³-hybridized carbons (Fsp3) is 0.412. The number of nitrogens with two attached hydrogens (primary N) is 1. The van der Waals surface area contributed by atoms with Gasteiger partial charge in [0.05, 0.1) is 17.0 Å². The summed E-state index contributed by atoms with van der Waals surface area (Å²) < 4.78 is 5.85. The van der Waals surface area contributed by atoms with Gasteiger partial charge in [-0.25, -0.2) is 0 Å². The number of furan rings is 1. The Kier molecular flexibility index (Phi) is 4.19. The summed E-state index contributed by atoms with van der Waals surface area (Å²) in [5.74, 6) is 1.35. The van der Waals surface area contributed by atoms with Gasteiger partial charge in [0, 0.05) is 12.6 Å². The fourth-order valence-corrected chi connectivity index (χ4v) is 3.10. The number of rotatable bonds is 5. The summed E-state index contributed by atoms with van der Waals surface area (Å²) in [4.78, 5) is 13.1. The van der Waals surface area contributed by atoms with Crippen molar-refractivity contribution in [2.75, 3.05) is 19.6 Å². The van der Waals surface area contributed by atoms with Crippen LogP contribution in [-0.2, 0) is 6.54 Å². The molecule has 0 radical (unpaired) electrons. The van der Waals surface area contributed by atoms with E-state index in [1.54, 1.807) is 24.3 Å². The van der Waals surface area contributed by atoms with E-state index in [0.717, 1.165) is 25.3 Å². The lowest BCUT2D eigenvalue weighted by atomic mass is 9.90. The number of benzene rings is 1. The first-order valence-electron chi connectivity index (χ1n) is 7.76. The van der Waals surface area contributed by atoms with Crippen LogP contribution in [0.25, 0.3) is 11.3 Å². The van der Waals surface area contributed by atoms with Crippen molar-refractivity contribution >= 4 is 5.69 Å². The predicted molar refractivity (Wildman–Crippen MR) is 87.9 cm³/mol. The van der Waals surface area contributed by atoms with Gasteiger partial charge in [0.25, 0.3) is 5.69 Å². The second-order valence-electron chi connectivity index (χ2n) is 6.52. The average Bonchev–Trinajstić information content (AvgIpc) is 3.15. The number of nitrogens with zero attached hydrogens (tertiary/aromatic N) is 2. The summed E-state index contributed by atoms with van der Waals surface area (Å²) in [7, 11) is 0. The molecule has 1 aliphatic heterocycles. The maximum Gasteiger partial charge on any atom is 0.280 e. The zero-order valence-electron chi connectivity index (χ0n) is 13.2. The number of nitro benzene ring substituents is 1. The van der Waals surface area contributed by atoms with Crippen molar-refractivity contribution in [2.45, 2.75) is 19.9 Å². The first kappa shape index (κ1) is 15.7. The van der Waals surface area contributed by atoms with E-state index in [1.165, 1.54) is 6.07 Å². The lowest BCUT2D eigenvalue weighted by Gasteiger charge is -2.21. The molecule has 1 saturated heterocycles. The highest BCUT2D eigenvalue weighted by atomic mass is 16.6. The van der Waals surface area contributed by atoms with Crippen molar-refractivity contribution in [2.24, 2.45) is 11.1 Å². The molecule has 122 valence electrons. The standard InChI is InChI=1S/C17H21N3O3/c1-17(11-18)8-9-19(12-17)10-13-6-7-16(23-13)14-4-2-3-5-15(14)20(21)22/h2-7H,8-12,18H2,1H3. The summed E-state index contributed by atoms with van der Waals surface area (Å²) in [5.41, 5.74) is 6.58. The van der Waals surface area contributed by atoms with Crippen LogP contribution >= 0.6 is 0 Å². The summed E-state index contributed by atoms with van der Waals surface area (Å²) >= 11 is 0. The molecule has 0 spiro atoms. The van der Waals surface area contributed by atoms with Crippen LogP contribution in [-0.4, -0.2) is 29.5 Å². The second kappa shape index (κ2) is 6.14. The monoisotopic (exact) mass is 315 g/mol. The molecule has 0 saturated carbocycles. The minimum atomic E-state index is -0.384. The van der Waals surface area contributed by atoms with Gasteiger partial charge in [-0.15, -0.1) is 0 Å². The Bertz CT molecular complexity index is 713. The van der Waals surface area contributed by atoms with E-state index in [-0.39, 0.29) is 16.0 Å². The van der Waals surface area contributed by atoms with Gasteiger partial charge < -0.3 is 10.2 Å². The van der Waals surface area contributed by atoms with Crippen LogP contribution in [0.4, 0.5) is 5.69 Å². The molecule has 0 aliphatic carbocycles. The van der Waals surface area contributed by atoms with E-state index in [2.05, 4.69) is 11.8 Å². The quantitative estimate of drug-likeness (QED) is 0.677. The molecule has 1 unspecified atom stereocenters. The van der Waals surface area contributed by atoms with Crippen LogP contribution in [0.3, 0.4) is 0 Å². The Morgan fingerprint density at radius 1 is 1.35 bits per heavy atom. The van der Waals surface area contributed by atoms with Gasteiger partial charge in [0.1, 0.15) is 11.5 Å². The fourth-order valence-electron chi connectivity index (χ4n) is 3.10. The number of hydrogen-bond donors (Lipinski definition) is 1. The molecule has 1 aromatic carbocycles. The van der Waals surface area contributed by atoms with Crippen molar-refractivity contribution in [3.8, 4) is 11.3 Å². The molecule has 1 aliphatic rings. The SMILES string of the molecule is CC1(CN)CCN(Cc2ccc(-c3ccccc3[N+](=O)[O-])o2)C1. The Morgan fingerprint density at radius 2 is 2.13 bits per heavy atom. The molecular weight excluding hydrogens is 294 g/mol. The van der Waals surface area contributed by atoms with Crippen LogP contribution in [0.5, 0.6) is 0 Å². The molecule has 0 bridgehead atoms. The minimum Gasteiger partial charge on any atom is -0.459 e. The molecule has 6 nitrogen and oxygen atoms in total. The largest absolute Gasteiger partial charge is 0.459 e. The van der Waals surface area contributed by atoms with Crippen LogP contribution in [0.1, 0.15) is 19.1 Å². The third kappa shape index (κ3) is 3.28. The molecule has 1 atom stereocenters. The van der Waals surface area contributed by atoms with Crippen molar-refractivity contribution in [1.29, 1.82) is 0 Å². The molecule has 3 rings (SSSR count). The van der Waals surface area contributed by atoms with E-state index in [0.29, 0.717) is 24.4 Å². The summed E-state index contributed by atoms with van der Waals surface area (Å²) in [5, 5.41) is 11.1. The normalized spacial score (nSPS) is 21.7. The highest BCUT2D eigenvalue weighted by Gasteiger charge is 2.32. The van der Waals surface area contributed by atoms with Crippen molar-refractivity contribution in [1.82, 2.24) is 4.90 Å². The van der Waals surface area contributed by atoms with Gasteiger partial charge >= 0.3 is 0 Å². The van der Waals surface area contributed by atoms with Crippen molar-refractivity contribution < 1.29 is 9.34 Å². The first-order chi connectivity index (χ1) is 11.0. The smallest absolute Gasteiger partial charge is 0.280 e. The van der Waals surface area contributed by atoms with Crippen LogP contribution in [0.2, 0.25) is 0 Å². The molecule has 6 heteroatoms. The third-order valence-electron chi connectivity index (χ3n) is 4.54. The average molecular weight is 315 g/mol. The van der Waals surface area contributed by atoms with E-state index in [1.807, 2.05) is 6.07 Å². The predicted octanol–water partition coefficient (Wildman–Crippen LogP) is 3.03. The van der Waals surface area contributed by atoms with Gasteiger partial charge in [-0.2, -0.15) is 0 Å². The molecule has 2 heterocycles. The topological polar surface area (TPSA) is 85.5 Å². The first-order valence-corrected chi connectivity index (χ1v) is 7.76. The Labute approximate surface area is 135 Å². The Balaban J connectivity index is 1.76. The molecule has 2 N–H and O–H groups in total. The number of para-hydroxylation sites is 1. The highest BCUT2D eigenvalue weighted by Crippen LogP contribution is 2.33. The summed E-state index contributed by atoms with van der Waals surface area (Å²) in [6, 6.07) is 10.3. The van der Waals surface area contributed by atoms with Gasteiger partial charge in [-0.1, -0.05) is 19.1 Å². The van der Waals surface area contributed by atoms with Crippen molar-refractivity contribution in [3.05, 3.63) is 52.3 Å². The molecule has 23 heavy (non-hydrogen) atoms. The number of likely N-dealkylation sites (tertiary alicyclic amines) is 1. The maximum atomic E-state index is 11.1. The molecule has 1 fully saturated rings. The van der Waals surface area contributed by atoms with E-state index in [4.69, 9.17) is 10.2 Å². The lowest BCUT2D eigenvalue weighted by molar-refractivity contribution is -0.384.